The van der Waals surface area contributed by atoms with Crippen LogP contribution in [0.15, 0.2) is 10.7 Å². The number of thiazole rings is 1. The first-order valence-electron chi connectivity index (χ1n) is 6.29. The molecule has 18 heavy (non-hydrogen) atoms. The van der Waals surface area contributed by atoms with E-state index >= 15 is 0 Å². The summed E-state index contributed by atoms with van der Waals surface area (Å²) >= 11 is 1.61. The molecule has 0 bridgehead atoms. The number of aromatic nitrogens is 3. The molecule has 0 unspecified atom stereocenters. The van der Waals surface area contributed by atoms with Crippen LogP contribution in [-0.2, 0) is 12.0 Å². The quantitative estimate of drug-likeness (QED) is 0.917. The minimum absolute atomic E-state index is 0.362. The van der Waals surface area contributed by atoms with E-state index in [1.807, 2.05) is 0 Å². The zero-order valence-electron chi connectivity index (χ0n) is 10.3. The first-order valence-corrected chi connectivity index (χ1v) is 7.11. The standard InChI is InChI=1S/C12H16N4OS/c1-2-4-9-14-7-8(18-9)10-15-11(16-17-10)12(13)5-3-6-12/h7H,2-6,13H2,1H3. The molecule has 0 aliphatic heterocycles. The van der Waals surface area contributed by atoms with Crippen molar-refractivity contribution in [3.05, 3.63) is 17.0 Å². The molecular weight excluding hydrogens is 248 g/mol. The van der Waals surface area contributed by atoms with Crippen LogP contribution in [0.2, 0.25) is 0 Å². The van der Waals surface area contributed by atoms with Gasteiger partial charge in [0.2, 0.25) is 0 Å². The molecule has 0 radical (unpaired) electrons. The van der Waals surface area contributed by atoms with Gasteiger partial charge in [0.05, 0.1) is 16.7 Å². The highest BCUT2D eigenvalue weighted by Gasteiger charge is 2.39. The highest BCUT2D eigenvalue weighted by atomic mass is 32.1. The summed E-state index contributed by atoms with van der Waals surface area (Å²) in [5.41, 5.74) is 5.81. The van der Waals surface area contributed by atoms with Crippen molar-refractivity contribution in [1.82, 2.24) is 15.1 Å². The van der Waals surface area contributed by atoms with Gasteiger partial charge in [-0.3, -0.25) is 0 Å². The Labute approximate surface area is 109 Å². The lowest BCUT2D eigenvalue weighted by Gasteiger charge is -2.34. The van der Waals surface area contributed by atoms with Crippen molar-refractivity contribution >= 4 is 11.3 Å². The van der Waals surface area contributed by atoms with Gasteiger partial charge in [0.25, 0.3) is 5.89 Å². The third-order valence-electron chi connectivity index (χ3n) is 3.35. The van der Waals surface area contributed by atoms with Crippen molar-refractivity contribution in [3.63, 3.8) is 0 Å². The molecule has 5 nitrogen and oxygen atoms in total. The Morgan fingerprint density at radius 2 is 2.33 bits per heavy atom. The molecule has 2 N–H and O–H groups in total. The summed E-state index contributed by atoms with van der Waals surface area (Å²) in [6, 6.07) is 0. The highest BCUT2D eigenvalue weighted by molar-refractivity contribution is 7.15. The van der Waals surface area contributed by atoms with Crippen LogP contribution in [0.4, 0.5) is 0 Å². The van der Waals surface area contributed by atoms with Crippen LogP contribution in [0, 0.1) is 0 Å². The van der Waals surface area contributed by atoms with Crippen LogP contribution in [0.25, 0.3) is 10.8 Å². The van der Waals surface area contributed by atoms with Crippen LogP contribution < -0.4 is 5.73 Å². The van der Waals surface area contributed by atoms with Crippen LogP contribution in [0.3, 0.4) is 0 Å². The van der Waals surface area contributed by atoms with Gasteiger partial charge in [-0.05, 0) is 32.1 Å². The molecule has 6 heteroatoms. The number of rotatable bonds is 4. The summed E-state index contributed by atoms with van der Waals surface area (Å²) in [4.78, 5) is 9.69. The Hall–Kier alpha value is -1.27. The van der Waals surface area contributed by atoms with E-state index in [1.165, 1.54) is 0 Å². The van der Waals surface area contributed by atoms with E-state index < -0.39 is 0 Å². The van der Waals surface area contributed by atoms with E-state index in [4.69, 9.17) is 10.3 Å². The van der Waals surface area contributed by atoms with Crippen LogP contribution in [0.1, 0.15) is 43.4 Å². The molecule has 0 amide bonds. The molecule has 96 valence electrons. The first-order chi connectivity index (χ1) is 8.71. The van der Waals surface area contributed by atoms with Gasteiger partial charge < -0.3 is 10.3 Å². The smallest absolute Gasteiger partial charge is 0.269 e. The number of hydrogen-bond donors (Lipinski definition) is 1. The van der Waals surface area contributed by atoms with Gasteiger partial charge in [-0.2, -0.15) is 4.98 Å². The normalized spacial score (nSPS) is 17.7. The van der Waals surface area contributed by atoms with E-state index in [1.54, 1.807) is 17.5 Å². The zero-order chi connectivity index (χ0) is 12.6. The van der Waals surface area contributed by atoms with E-state index in [0.29, 0.717) is 11.7 Å². The van der Waals surface area contributed by atoms with Crippen LogP contribution in [-0.4, -0.2) is 15.1 Å². The number of nitrogens with two attached hydrogens (primary N) is 1. The van der Waals surface area contributed by atoms with Gasteiger partial charge >= 0.3 is 0 Å². The van der Waals surface area contributed by atoms with Crippen LogP contribution in [0.5, 0.6) is 0 Å². The van der Waals surface area contributed by atoms with E-state index in [9.17, 15) is 0 Å². The molecule has 0 aromatic carbocycles. The molecule has 0 atom stereocenters. The summed E-state index contributed by atoms with van der Waals surface area (Å²) in [6.07, 6.45) is 6.91. The predicted molar refractivity (Wildman–Crippen MR) is 69.1 cm³/mol. The molecule has 1 saturated carbocycles. The molecule has 2 heterocycles. The fraction of sp³-hybridized carbons (Fsp3) is 0.583. The Kier molecular flexibility index (Phi) is 2.91. The summed E-state index contributed by atoms with van der Waals surface area (Å²) in [6.45, 7) is 2.14. The SMILES string of the molecule is CCCc1ncc(-c2nc(C3(N)CCC3)no2)s1. The van der Waals surface area contributed by atoms with Crippen molar-refractivity contribution in [2.24, 2.45) is 5.73 Å². The topological polar surface area (TPSA) is 77.8 Å². The van der Waals surface area contributed by atoms with E-state index in [2.05, 4.69) is 22.0 Å². The fourth-order valence-electron chi connectivity index (χ4n) is 2.05. The Morgan fingerprint density at radius 3 is 3.00 bits per heavy atom. The Balaban J connectivity index is 1.83. The summed E-state index contributed by atoms with van der Waals surface area (Å²) in [5, 5.41) is 5.12. The summed E-state index contributed by atoms with van der Waals surface area (Å²) in [5.74, 6) is 1.18. The van der Waals surface area contributed by atoms with Crippen molar-refractivity contribution in [3.8, 4) is 10.8 Å². The van der Waals surface area contributed by atoms with E-state index in [-0.39, 0.29) is 5.54 Å². The second-order valence-corrected chi connectivity index (χ2v) is 5.92. The molecule has 1 aliphatic rings. The Bertz CT molecular complexity index is 544. The lowest BCUT2D eigenvalue weighted by atomic mass is 9.77. The van der Waals surface area contributed by atoms with Gasteiger partial charge in [0, 0.05) is 0 Å². The lowest BCUT2D eigenvalue weighted by Crippen LogP contribution is -2.44. The monoisotopic (exact) mass is 264 g/mol. The van der Waals surface area contributed by atoms with Gasteiger partial charge in [-0.1, -0.05) is 12.1 Å². The van der Waals surface area contributed by atoms with Gasteiger partial charge in [0.15, 0.2) is 5.82 Å². The second kappa shape index (κ2) is 4.44. The molecule has 3 rings (SSSR count). The van der Waals surface area contributed by atoms with Gasteiger partial charge in [-0.25, -0.2) is 4.98 Å². The van der Waals surface area contributed by atoms with Crippen LogP contribution >= 0.6 is 11.3 Å². The average Bonchev–Trinajstić information content (AvgIpc) is 2.94. The fourth-order valence-corrected chi connectivity index (χ4v) is 2.99. The van der Waals surface area contributed by atoms with Crippen molar-refractivity contribution < 1.29 is 4.52 Å². The van der Waals surface area contributed by atoms with E-state index in [0.717, 1.165) is 42.0 Å². The third-order valence-corrected chi connectivity index (χ3v) is 4.39. The maximum atomic E-state index is 6.17. The molecule has 2 aromatic rings. The highest BCUT2D eigenvalue weighted by Crippen LogP contribution is 2.38. The van der Waals surface area contributed by atoms with Crippen molar-refractivity contribution in [1.29, 1.82) is 0 Å². The minimum atomic E-state index is -0.362. The Morgan fingerprint density at radius 1 is 1.50 bits per heavy atom. The van der Waals surface area contributed by atoms with Crippen molar-refractivity contribution in [2.75, 3.05) is 0 Å². The largest absolute Gasteiger partial charge is 0.333 e. The number of aryl methyl sites for hydroxylation is 1. The zero-order valence-corrected chi connectivity index (χ0v) is 11.2. The van der Waals surface area contributed by atoms with Gasteiger partial charge in [-0.15, -0.1) is 11.3 Å². The average molecular weight is 264 g/mol. The summed E-state index contributed by atoms with van der Waals surface area (Å²) < 4.78 is 5.29. The second-order valence-electron chi connectivity index (χ2n) is 4.80. The predicted octanol–water partition coefficient (Wildman–Crippen LogP) is 2.48. The molecule has 1 aliphatic carbocycles. The first kappa shape index (κ1) is 11.8. The number of hydrogen-bond acceptors (Lipinski definition) is 6. The maximum absolute atomic E-state index is 6.17. The number of nitrogens with zero attached hydrogens (tertiary/aromatic N) is 3. The van der Waals surface area contributed by atoms with Crippen molar-refractivity contribution in [2.45, 2.75) is 44.6 Å². The molecular formula is C12H16N4OS. The molecule has 1 fully saturated rings. The molecule has 0 spiro atoms. The lowest BCUT2D eigenvalue weighted by molar-refractivity contribution is 0.229. The maximum Gasteiger partial charge on any atom is 0.269 e. The third kappa shape index (κ3) is 1.95. The summed E-state index contributed by atoms with van der Waals surface area (Å²) in [7, 11) is 0. The minimum Gasteiger partial charge on any atom is -0.333 e. The molecule has 2 aromatic heterocycles. The molecule has 0 saturated heterocycles. The van der Waals surface area contributed by atoms with Gasteiger partial charge in [0.1, 0.15) is 4.88 Å².